The molecule has 1 saturated heterocycles. The Labute approximate surface area is 225 Å². The Morgan fingerprint density at radius 1 is 0.789 bits per heavy atom. The maximum absolute atomic E-state index is 13.2. The number of nitrogens with zero attached hydrogens (tertiary/aromatic N) is 4. The lowest BCUT2D eigenvalue weighted by molar-refractivity contribution is -0.131. The smallest absolute Gasteiger partial charge is 0.253 e. The van der Waals surface area contributed by atoms with Crippen molar-refractivity contribution in [2.45, 2.75) is 6.04 Å². The molecule has 1 aliphatic heterocycles. The van der Waals surface area contributed by atoms with Crippen LogP contribution in [0.5, 0.6) is 0 Å². The average Bonchev–Trinajstić information content (AvgIpc) is 2.92. The monoisotopic (exact) mass is 534 g/mol. The summed E-state index contributed by atoms with van der Waals surface area (Å²) in [6.07, 6.45) is 1.08. The van der Waals surface area contributed by atoms with Crippen molar-refractivity contribution in [2.24, 2.45) is 0 Å². The van der Waals surface area contributed by atoms with Gasteiger partial charge in [0.1, 0.15) is 6.54 Å². The second-order valence-electron chi connectivity index (χ2n) is 9.66. The van der Waals surface area contributed by atoms with Gasteiger partial charge in [-0.2, -0.15) is 0 Å². The van der Waals surface area contributed by atoms with Crippen molar-refractivity contribution >= 4 is 27.5 Å². The number of benzene rings is 3. The van der Waals surface area contributed by atoms with Gasteiger partial charge in [0, 0.05) is 45.8 Å². The zero-order valence-corrected chi connectivity index (χ0v) is 22.8. The fourth-order valence-electron chi connectivity index (χ4n) is 4.77. The first kappa shape index (κ1) is 27.3. The largest absolute Gasteiger partial charge is 0.345 e. The van der Waals surface area contributed by atoms with Gasteiger partial charge in [0.2, 0.25) is 15.9 Å². The molecule has 200 valence electrons. The van der Waals surface area contributed by atoms with Gasteiger partial charge in [-0.3, -0.25) is 18.8 Å². The molecule has 1 heterocycles. The predicted molar refractivity (Wildman–Crippen MR) is 150 cm³/mol. The van der Waals surface area contributed by atoms with E-state index in [0.29, 0.717) is 37.4 Å². The van der Waals surface area contributed by atoms with Crippen molar-refractivity contribution in [3.8, 4) is 0 Å². The topological polar surface area (TPSA) is 81.2 Å². The number of hydrogen-bond acceptors (Lipinski definition) is 5. The van der Waals surface area contributed by atoms with E-state index >= 15 is 0 Å². The number of carbonyl (C=O) groups is 2. The molecule has 0 radical (unpaired) electrons. The van der Waals surface area contributed by atoms with Crippen molar-refractivity contribution in [3.63, 3.8) is 0 Å². The number of piperazine rings is 1. The van der Waals surface area contributed by atoms with E-state index in [9.17, 15) is 18.0 Å². The van der Waals surface area contributed by atoms with Crippen molar-refractivity contribution in [1.29, 1.82) is 0 Å². The molecule has 9 heteroatoms. The SMILES string of the molecule is CN(C)C(=O)c1ccc(N(CC(=O)N2CCN(C(c3ccccc3)c3ccccc3)CC2)S(C)(=O)=O)cc1. The number of hydrogen-bond donors (Lipinski definition) is 0. The number of sulfonamides is 1. The minimum Gasteiger partial charge on any atom is -0.345 e. The Kier molecular flexibility index (Phi) is 8.48. The molecule has 0 unspecified atom stereocenters. The van der Waals surface area contributed by atoms with Crippen LogP contribution >= 0.6 is 0 Å². The quantitative estimate of drug-likeness (QED) is 0.444. The molecule has 0 spiro atoms. The van der Waals surface area contributed by atoms with Crippen LogP contribution in [0.2, 0.25) is 0 Å². The van der Waals surface area contributed by atoms with Crippen LogP contribution in [-0.4, -0.2) is 88.0 Å². The van der Waals surface area contributed by atoms with Crippen molar-refractivity contribution in [2.75, 3.05) is 57.4 Å². The third kappa shape index (κ3) is 6.41. The second-order valence-corrected chi connectivity index (χ2v) is 11.6. The summed E-state index contributed by atoms with van der Waals surface area (Å²) in [5, 5.41) is 0. The molecule has 3 aromatic carbocycles. The van der Waals surface area contributed by atoms with E-state index < -0.39 is 10.0 Å². The number of amides is 2. The molecule has 38 heavy (non-hydrogen) atoms. The molecule has 0 N–H and O–H groups in total. The summed E-state index contributed by atoms with van der Waals surface area (Å²) >= 11 is 0. The Morgan fingerprint density at radius 3 is 1.74 bits per heavy atom. The molecule has 0 aromatic heterocycles. The summed E-state index contributed by atoms with van der Waals surface area (Å²) in [4.78, 5) is 31.0. The summed E-state index contributed by atoms with van der Waals surface area (Å²) in [6, 6.07) is 27.0. The summed E-state index contributed by atoms with van der Waals surface area (Å²) in [5.74, 6) is -0.430. The highest BCUT2D eigenvalue weighted by Crippen LogP contribution is 2.29. The highest BCUT2D eigenvalue weighted by atomic mass is 32.2. The van der Waals surface area contributed by atoms with E-state index in [2.05, 4.69) is 29.2 Å². The van der Waals surface area contributed by atoms with Crippen LogP contribution in [0.15, 0.2) is 84.9 Å². The van der Waals surface area contributed by atoms with Crippen LogP contribution in [0, 0.1) is 0 Å². The van der Waals surface area contributed by atoms with Crippen molar-refractivity contribution in [3.05, 3.63) is 102 Å². The van der Waals surface area contributed by atoms with E-state index in [-0.39, 0.29) is 24.4 Å². The molecular formula is C29H34N4O4S. The van der Waals surface area contributed by atoms with E-state index in [1.165, 1.54) is 16.0 Å². The molecule has 0 saturated carbocycles. The molecule has 1 aliphatic rings. The summed E-state index contributed by atoms with van der Waals surface area (Å²) in [5.41, 5.74) is 3.18. The van der Waals surface area contributed by atoms with Gasteiger partial charge in [0.15, 0.2) is 0 Å². The first-order valence-electron chi connectivity index (χ1n) is 12.6. The lowest BCUT2D eigenvalue weighted by atomic mass is 9.96. The maximum Gasteiger partial charge on any atom is 0.253 e. The second kappa shape index (κ2) is 11.8. The lowest BCUT2D eigenvalue weighted by Gasteiger charge is -2.40. The third-order valence-corrected chi connectivity index (χ3v) is 7.89. The highest BCUT2D eigenvalue weighted by Gasteiger charge is 2.30. The van der Waals surface area contributed by atoms with Crippen LogP contribution in [-0.2, 0) is 14.8 Å². The summed E-state index contributed by atoms with van der Waals surface area (Å²) < 4.78 is 26.3. The molecule has 3 aromatic rings. The zero-order valence-electron chi connectivity index (χ0n) is 22.0. The molecule has 1 fully saturated rings. The van der Waals surface area contributed by atoms with Gasteiger partial charge in [0.25, 0.3) is 5.91 Å². The Balaban J connectivity index is 1.46. The first-order valence-corrected chi connectivity index (χ1v) is 14.4. The highest BCUT2D eigenvalue weighted by molar-refractivity contribution is 7.92. The van der Waals surface area contributed by atoms with Gasteiger partial charge in [-0.1, -0.05) is 60.7 Å². The van der Waals surface area contributed by atoms with Gasteiger partial charge in [-0.15, -0.1) is 0 Å². The normalized spacial score (nSPS) is 14.4. The summed E-state index contributed by atoms with van der Waals surface area (Å²) in [6.45, 7) is 2.05. The standard InChI is InChI=1S/C29H34N4O4S/c1-30(2)29(35)25-14-16-26(17-15-25)33(38(3,36)37)22-27(34)31-18-20-32(21-19-31)28(23-10-6-4-7-11-23)24-12-8-5-9-13-24/h4-17,28H,18-22H2,1-3H3. The van der Waals surface area contributed by atoms with Gasteiger partial charge in [-0.25, -0.2) is 8.42 Å². The molecule has 2 amide bonds. The number of carbonyl (C=O) groups excluding carboxylic acids is 2. The van der Waals surface area contributed by atoms with Crippen LogP contribution in [0.4, 0.5) is 5.69 Å². The Morgan fingerprint density at radius 2 is 1.29 bits per heavy atom. The molecule has 4 rings (SSSR count). The van der Waals surface area contributed by atoms with Gasteiger partial charge >= 0.3 is 0 Å². The Bertz CT molecular complexity index is 1300. The predicted octanol–water partition coefficient (Wildman–Crippen LogP) is 3.09. The molecule has 8 nitrogen and oxygen atoms in total. The van der Waals surface area contributed by atoms with E-state index in [1.54, 1.807) is 43.3 Å². The molecule has 0 atom stereocenters. The number of rotatable bonds is 8. The van der Waals surface area contributed by atoms with Gasteiger partial charge in [-0.05, 0) is 35.4 Å². The van der Waals surface area contributed by atoms with Crippen molar-refractivity contribution in [1.82, 2.24) is 14.7 Å². The van der Waals surface area contributed by atoms with Crippen LogP contribution in [0.25, 0.3) is 0 Å². The Hall–Kier alpha value is -3.69. The van der Waals surface area contributed by atoms with Crippen LogP contribution < -0.4 is 4.31 Å². The molecule has 0 aliphatic carbocycles. The van der Waals surface area contributed by atoms with Crippen LogP contribution in [0.3, 0.4) is 0 Å². The minimum atomic E-state index is -3.72. The van der Waals surface area contributed by atoms with Gasteiger partial charge < -0.3 is 9.80 Å². The van der Waals surface area contributed by atoms with E-state index in [0.717, 1.165) is 10.6 Å². The first-order chi connectivity index (χ1) is 18.1. The van der Waals surface area contributed by atoms with Crippen LogP contribution in [0.1, 0.15) is 27.5 Å². The minimum absolute atomic E-state index is 0.0746. The number of anilines is 1. The van der Waals surface area contributed by atoms with E-state index in [4.69, 9.17) is 0 Å². The van der Waals surface area contributed by atoms with Crippen molar-refractivity contribution < 1.29 is 18.0 Å². The molecule has 0 bridgehead atoms. The van der Waals surface area contributed by atoms with E-state index in [1.807, 2.05) is 36.4 Å². The fraction of sp³-hybridized carbons (Fsp3) is 0.310. The molecular weight excluding hydrogens is 500 g/mol. The average molecular weight is 535 g/mol. The summed E-state index contributed by atoms with van der Waals surface area (Å²) in [7, 11) is -0.413. The maximum atomic E-state index is 13.2. The fourth-order valence-corrected chi connectivity index (χ4v) is 5.62. The lowest BCUT2D eigenvalue weighted by Crippen LogP contribution is -2.52. The van der Waals surface area contributed by atoms with Gasteiger partial charge in [0.05, 0.1) is 18.0 Å². The third-order valence-electron chi connectivity index (χ3n) is 6.75. The zero-order chi connectivity index (χ0) is 27.3.